The van der Waals surface area contributed by atoms with Crippen molar-refractivity contribution in [1.82, 2.24) is 29.7 Å². The highest BCUT2D eigenvalue weighted by Gasteiger charge is 2.20. The van der Waals surface area contributed by atoms with E-state index in [1.165, 1.54) is 6.33 Å². The number of hydrogen-bond donors (Lipinski definition) is 0. The molecule has 6 nitrogen and oxygen atoms in total. The van der Waals surface area contributed by atoms with Crippen molar-refractivity contribution in [2.45, 2.75) is 23.5 Å². The summed E-state index contributed by atoms with van der Waals surface area (Å²) < 4.78 is 16.5. The quantitative estimate of drug-likeness (QED) is 0.490. The molecule has 134 valence electrons. The van der Waals surface area contributed by atoms with Crippen molar-refractivity contribution in [2.75, 3.05) is 0 Å². The van der Waals surface area contributed by atoms with E-state index < -0.39 is 5.82 Å². The zero-order chi connectivity index (χ0) is 18.6. The minimum atomic E-state index is -0.424. The highest BCUT2D eigenvalue weighted by molar-refractivity contribution is 7.99. The fraction of sp³-hybridized carbons (Fsp3) is 0.105. The van der Waals surface area contributed by atoms with Crippen molar-refractivity contribution in [3.63, 3.8) is 0 Å². The van der Waals surface area contributed by atoms with Gasteiger partial charge in [-0.3, -0.25) is 9.55 Å². The molecule has 0 amide bonds. The van der Waals surface area contributed by atoms with Gasteiger partial charge in [0.2, 0.25) is 5.16 Å². The molecule has 0 spiro atoms. The molecule has 0 N–H and O–H groups in total. The Kier molecular flexibility index (Phi) is 4.88. The fourth-order valence-electron chi connectivity index (χ4n) is 2.60. The molecule has 8 heteroatoms. The Labute approximate surface area is 159 Å². The van der Waals surface area contributed by atoms with Crippen LogP contribution in [0.3, 0.4) is 0 Å². The van der Waals surface area contributed by atoms with Crippen molar-refractivity contribution < 1.29 is 4.39 Å². The predicted octanol–water partition coefficient (Wildman–Crippen LogP) is 3.97. The molecule has 0 saturated heterocycles. The maximum Gasteiger partial charge on any atom is 0.202 e. The second-order valence-corrected chi connectivity index (χ2v) is 6.54. The molecule has 4 aromatic rings. The SMILES string of the molecule is CCc1ncnc(Sc2nnc(-c3ccccn3)n2-c2ccccc2)c1F. The number of aromatic nitrogens is 6. The lowest BCUT2D eigenvalue weighted by atomic mass is 10.3. The summed E-state index contributed by atoms with van der Waals surface area (Å²) in [7, 11) is 0. The molecule has 3 aromatic heterocycles. The van der Waals surface area contributed by atoms with Crippen LogP contribution < -0.4 is 0 Å². The Morgan fingerprint density at radius 1 is 0.963 bits per heavy atom. The van der Waals surface area contributed by atoms with Gasteiger partial charge in [0.15, 0.2) is 11.6 Å². The Morgan fingerprint density at radius 3 is 2.52 bits per heavy atom. The van der Waals surface area contributed by atoms with E-state index >= 15 is 0 Å². The molecule has 0 radical (unpaired) electrons. The second kappa shape index (κ2) is 7.63. The summed E-state index contributed by atoms with van der Waals surface area (Å²) in [4.78, 5) is 12.4. The molecule has 0 aliphatic carbocycles. The number of para-hydroxylation sites is 1. The lowest BCUT2D eigenvalue weighted by Gasteiger charge is -2.10. The maximum absolute atomic E-state index is 14.6. The summed E-state index contributed by atoms with van der Waals surface area (Å²) in [5.74, 6) is 0.154. The van der Waals surface area contributed by atoms with E-state index in [4.69, 9.17) is 0 Å². The number of hydrogen-bond acceptors (Lipinski definition) is 6. The molecule has 3 heterocycles. The summed E-state index contributed by atoms with van der Waals surface area (Å²) >= 11 is 1.12. The predicted molar refractivity (Wildman–Crippen MR) is 100 cm³/mol. The van der Waals surface area contributed by atoms with Gasteiger partial charge in [0.1, 0.15) is 17.0 Å². The first-order valence-electron chi connectivity index (χ1n) is 8.37. The first-order valence-corrected chi connectivity index (χ1v) is 9.19. The minimum absolute atomic E-state index is 0.221. The third-order valence-electron chi connectivity index (χ3n) is 3.89. The lowest BCUT2D eigenvalue weighted by Crippen LogP contribution is -2.02. The topological polar surface area (TPSA) is 69.4 Å². The van der Waals surface area contributed by atoms with E-state index in [9.17, 15) is 4.39 Å². The fourth-order valence-corrected chi connectivity index (χ4v) is 3.44. The number of benzene rings is 1. The van der Waals surface area contributed by atoms with Gasteiger partial charge in [0, 0.05) is 11.9 Å². The van der Waals surface area contributed by atoms with E-state index in [1.807, 2.05) is 60.0 Å². The minimum Gasteiger partial charge on any atom is -0.268 e. The van der Waals surface area contributed by atoms with Gasteiger partial charge < -0.3 is 0 Å². The molecule has 27 heavy (non-hydrogen) atoms. The van der Waals surface area contributed by atoms with Crippen molar-refractivity contribution in [1.29, 1.82) is 0 Å². The highest BCUT2D eigenvalue weighted by Crippen LogP contribution is 2.32. The Balaban J connectivity index is 1.84. The summed E-state index contributed by atoms with van der Waals surface area (Å²) in [6.07, 6.45) is 3.56. The number of pyridine rings is 1. The van der Waals surface area contributed by atoms with Crippen molar-refractivity contribution in [3.8, 4) is 17.2 Å². The highest BCUT2D eigenvalue weighted by atomic mass is 32.2. The summed E-state index contributed by atoms with van der Waals surface area (Å²) in [6.45, 7) is 1.85. The van der Waals surface area contributed by atoms with E-state index in [1.54, 1.807) is 6.20 Å². The van der Waals surface area contributed by atoms with Gasteiger partial charge in [-0.25, -0.2) is 14.4 Å². The monoisotopic (exact) mass is 378 g/mol. The summed E-state index contributed by atoms with van der Waals surface area (Å²) in [6, 6.07) is 15.2. The zero-order valence-electron chi connectivity index (χ0n) is 14.5. The second-order valence-electron chi connectivity index (χ2n) is 5.59. The number of rotatable bonds is 5. The Morgan fingerprint density at radius 2 is 1.78 bits per heavy atom. The van der Waals surface area contributed by atoms with E-state index in [0.29, 0.717) is 28.8 Å². The van der Waals surface area contributed by atoms with Crippen LogP contribution in [-0.4, -0.2) is 29.7 Å². The van der Waals surface area contributed by atoms with Gasteiger partial charge in [-0.2, -0.15) is 0 Å². The van der Waals surface area contributed by atoms with Crippen LogP contribution in [0.1, 0.15) is 12.6 Å². The van der Waals surface area contributed by atoms with Crippen molar-refractivity contribution >= 4 is 11.8 Å². The van der Waals surface area contributed by atoms with Gasteiger partial charge in [0.05, 0.1) is 5.69 Å². The van der Waals surface area contributed by atoms with Crippen LogP contribution >= 0.6 is 11.8 Å². The van der Waals surface area contributed by atoms with Crippen molar-refractivity contribution in [2.24, 2.45) is 0 Å². The first kappa shape index (κ1) is 17.3. The number of aryl methyl sites for hydroxylation is 1. The van der Waals surface area contributed by atoms with E-state index in [0.717, 1.165) is 17.4 Å². The number of halogens is 1. The van der Waals surface area contributed by atoms with Crippen LogP contribution in [0.5, 0.6) is 0 Å². The molecule has 0 aliphatic rings. The molecule has 4 rings (SSSR count). The normalized spacial score (nSPS) is 10.9. The zero-order valence-corrected chi connectivity index (χ0v) is 15.3. The van der Waals surface area contributed by atoms with Crippen molar-refractivity contribution in [3.05, 3.63) is 72.6 Å². The molecule has 0 aliphatic heterocycles. The molecule has 0 fully saturated rings. The molecule has 0 saturated carbocycles. The lowest BCUT2D eigenvalue weighted by molar-refractivity contribution is 0.559. The largest absolute Gasteiger partial charge is 0.268 e. The molecular formula is C19H15FN6S. The maximum atomic E-state index is 14.6. The van der Waals surface area contributed by atoms with E-state index in [-0.39, 0.29) is 5.03 Å². The number of nitrogens with zero attached hydrogens (tertiary/aromatic N) is 6. The van der Waals surface area contributed by atoms with Crippen LogP contribution in [0.25, 0.3) is 17.2 Å². The summed E-state index contributed by atoms with van der Waals surface area (Å²) in [5.41, 5.74) is 1.91. The molecule has 1 aromatic carbocycles. The van der Waals surface area contributed by atoms with Gasteiger partial charge in [-0.1, -0.05) is 31.2 Å². The molecule has 0 atom stereocenters. The Bertz CT molecular complexity index is 1050. The van der Waals surface area contributed by atoms with E-state index in [2.05, 4.69) is 25.1 Å². The standard InChI is InChI=1S/C19H15FN6S/c1-2-14-16(20)18(23-12-22-14)27-19-25-24-17(15-10-6-7-11-21-15)26(19)13-8-4-3-5-9-13/h3-12H,2H2,1H3. The average Bonchev–Trinajstić information content (AvgIpc) is 3.14. The van der Waals surface area contributed by atoms with Gasteiger partial charge in [0.25, 0.3) is 0 Å². The molecule has 0 unspecified atom stereocenters. The van der Waals surface area contributed by atoms with Crippen LogP contribution in [0.2, 0.25) is 0 Å². The van der Waals surface area contributed by atoms with Crippen LogP contribution in [0.4, 0.5) is 4.39 Å². The third kappa shape index (κ3) is 3.43. The van der Waals surface area contributed by atoms with Gasteiger partial charge in [-0.15, -0.1) is 10.2 Å². The Hall–Kier alpha value is -3.13. The average molecular weight is 378 g/mol. The van der Waals surface area contributed by atoms with Crippen LogP contribution in [0, 0.1) is 5.82 Å². The summed E-state index contributed by atoms with van der Waals surface area (Å²) in [5, 5.41) is 9.29. The van der Waals surface area contributed by atoms with Crippen LogP contribution in [-0.2, 0) is 6.42 Å². The third-order valence-corrected chi connectivity index (χ3v) is 4.82. The smallest absolute Gasteiger partial charge is 0.202 e. The molecular weight excluding hydrogens is 363 g/mol. The van der Waals surface area contributed by atoms with Gasteiger partial charge in [-0.05, 0) is 42.4 Å². The molecule has 0 bridgehead atoms. The first-order chi connectivity index (χ1) is 13.3. The van der Waals surface area contributed by atoms with Gasteiger partial charge >= 0.3 is 0 Å². The van der Waals surface area contributed by atoms with Crippen LogP contribution in [0.15, 0.2) is 71.2 Å².